The van der Waals surface area contributed by atoms with Crippen LogP contribution in [0.25, 0.3) is 11.2 Å². The number of anilines is 2. The van der Waals surface area contributed by atoms with Gasteiger partial charge in [0.15, 0.2) is 21.7 Å². The Morgan fingerprint density at radius 1 is 1.06 bits per heavy atom. The van der Waals surface area contributed by atoms with Gasteiger partial charge in [0.1, 0.15) is 17.5 Å². The van der Waals surface area contributed by atoms with Crippen molar-refractivity contribution in [1.29, 1.82) is 5.26 Å². The van der Waals surface area contributed by atoms with Crippen LogP contribution in [0.4, 0.5) is 11.4 Å². The summed E-state index contributed by atoms with van der Waals surface area (Å²) in [6.07, 6.45) is 0. The van der Waals surface area contributed by atoms with Gasteiger partial charge < -0.3 is 9.80 Å². The van der Waals surface area contributed by atoms with E-state index in [9.17, 15) is 19.6 Å². The molecular weight excluding hydrogens is 466 g/mol. The number of para-hydroxylation sites is 2. The van der Waals surface area contributed by atoms with Crippen LogP contribution in [-0.4, -0.2) is 38.6 Å². The van der Waals surface area contributed by atoms with Crippen LogP contribution < -0.4 is 21.0 Å². The number of carbonyl (C=O) groups is 1. The average molecular weight is 484 g/mol. The van der Waals surface area contributed by atoms with Crippen molar-refractivity contribution in [3.05, 3.63) is 61.2 Å². The highest BCUT2D eigenvalue weighted by Gasteiger charge is 2.32. The van der Waals surface area contributed by atoms with E-state index in [0.717, 1.165) is 15.9 Å². The van der Waals surface area contributed by atoms with Crippen LogP contribution in [0.2, 0.25) is 0 Å². The van der Waals surface area contributed by atoms with Crippen LogP contribution in [0.1, 0.15) is 0 Å². The smallest absolute Gasteiger partial charge is 0.328 e. The molecule has 2 aromatic heterocycles. The molecule has 0 fully saturated rings. The molecule has 0 saturated carbocycles. The number of aromatic nitrogens is 4. The van der Waals surface area contributed by atoms with Gasteiger partial charge in [-0.15, -0.1) is 0 Å². The van der Waals surface area contributed by atoms with E-state index in [-0.39, 0.29) is 28.0 Å². The summed E-state index contributed by atoms with van der Waals surface area (Å²) in [5.74, 6) is -0.0174. The van der Waals surface area contributed by atoms with E-state index in [1.807, 2.05) is 30.3 Å². The molecule has 0 aliphatic carbocycles. The monoisotopic (exact) mass is 483 g/mol. The van der Waals surface area contributed by atoms with Crippen molar-refractivity contribution in [3.63, 3.8) is 0 Å². The van der Waals surface area contributed by atoms with Gasteiger partial charge in [-0.2, -0.15) is 5.26 Å². The van der Waals surface area contributed by atoms with Gasteiger partial charge in [0.25, 0.3) is 5.56 Å². The normalized spacial score (nSPS) is 13.0. The Hall–Kier alpha value is -3.65. The van der Waals surface area contributed by atoms with Gasteiger partial charge in [-0.3, -0.25) is 23.3 Å². The summed E-state index contributed by atoms with van der Waals surface area (Å²) in [7, 11) is 6.44. The molecule has 0 saturated heterocycles. The highest BCUT2D eigenvalue weighted by atomic mass is 79.9. The maximum Gasteiger partial charge on any atom is 0.332 e. The maximum absolute atomic E-state index is 13.2. The predicted molar refractivity (Wildman–Crippen MR) is 119 cm³/mol. The lowest BCUT2D eigenvalue weighted by atomic mass is 10.1. The SMILES string of the molecule is CN1C(=C(C#N)C(=O)Cn2c(Br)nc3c(=O)n(C)c(=O)n(C)c32)N(C)c2ccccc21. The molecule has 10 nitrogen and oxygen atoms in total. The fraction of sp³-hybridized carbons (Fsp3) is 0.250. The number of hydrogen-bond donors (Lipinski definition) is 0. The van der Waals surface area contributed by atoms with E-state index in [4.69, 9.17) is 0 Å². The number of benzene rings is 1. The third kappa shape index (κ3) is 2.90. The number of nitriles is 1. The predicted octanol–water partition coefficient (Wildman–Crippen LogP) is 1.09. The van der Waals surface area contributed by atoms with Crippen LogP contribution in [0.5, 0.6) is 0 Å². The standard InChI is InChI=1S/C20H18BrN7O3/c1-24-12-7-5-6-8-13(12)25(2)16(24)11(9-22)14(29)10-28-17-15(23-19(28)21)18(30)27(4)20(31)26(17)3/h5-8H,10H2,1-4H3. The summed E-state index contributed by atoms with van der Waals surface area (Å²) >= 11 is 3.27. The van der Waals surface area contributed by atoms with E-state index in [1.165, 1.54) is 23.2 Å². The summed E-state index contributed by atoms with van der Waals surface area (Å²) < 4.78 is 3.84. The van der Waals surface area contributed by atoms with Crippen molar-refractivity contribution in [1.82, 2.24) is 18.7 Å². The Morgan fingerprint density at radius 3 is 2.19 bits per heavy atom. The molecule has 0 amide bonds. The van der Waals surface area contributed by atoms with Gasteiger partial charge in [-0.25, -0.2) is 9.78 Å². The Labute approximate surface area is 185 Å². The van der Waals surface area contributed by atoms with Crippen LogP contribution in [0, 0.1) is 11.3 Å². The van der Waals surface area contributed by atoms with Crippen molar-refractivity contribution >= 4 is 44.3 Å². The molecular formula is C20H18BrN7O3. The Morgan fingerprint density at radius 2 is 1.65 bits per heavy atom. The molecule has 4 rings (SSSR count). The Balaban J connectivity index is 1.84. The summed E-state index contributed by atoms with van der Waals surface area (Å²) in [5.41, 5.74) is 0.868. The molecule has 3 heterocycles. The Kier molecular flexibility index (Phi) is 4.82. The molecule has 1 aromatic carbocycles. The minimum atomic E-state index is -0.561. The van der Waals surface area contributed by atoms with Crippen LogP contribution in [0.3, 0.4) is 0 Å². The fourth-order valence-electron chi connectivity index (χ4n) is 3.88. The highest BCUT2D eigenvalue weighted by molar-refractivity contribution is 9.10. The number of ketones is 1. The third-order valence-corrected chi connectivity index (χ3v) is 6.05. The number of rotatable bonds is 3. The number of imidazole rings is 1. The summed E-state index contributed by atoms with van der Waals surface area (Å²) in [5, 5.41) is 9.83. The summed E-state index contributed by atoms with van der Waals surface area (Å²) in [6.45, 7) is -0.276. The van der Waals surface area contributed by atoms with Gasteiger partial charge in [0, 0.05) is 28.2 Å². The first-order valence-electron chi connectivity index (χ1n) is 9.24. The molecule has 0 N–H and O–H groups in total. The second kappa shape index (κ2) is 7.24. The lowest BCUT2D eigenvalue weighted by molar-refractivity contribution is -0.115. The lowest BCUT2D eigenvalue weighted by Crippen LogP contribution is -2.37. The van der Waals surface area contributed by atoms with Crippen molar-refractivity contribution in [2.24, 2.45) is 14.1 Å². The molecule has 0 spiro atoms. The zero-order valence-electron chi connectivity index (χ0n) is 17.2. The number of carbonyl (C=O) groups excluding carboxylic acids is 1. The molecule has 0 bridgehead atoms. The molecule has 0 unspecified atom stereocenters. The van der Waals surface area contributed by atoms with Gasteiger partial charge in [0.2, 0.25) is 0 Å². The minimum Gasteiger partial charge on any atom is -0.328 e. The number of Topliss-reactive ketones (excluding diaryl/α,β-unsaturated/α-hetero) is 1. The number of aryl methyl sites for hydroxylation is 1. The lowest BCUT2D eigenvalue weighted by Gasteiger charge is -2.20. The van der Waals surface area contributed by atoms with E-state index in [0.29, 0.717) is 5.82 Å². The topological polar surface area (TPSA) is 109 Å². The summed E-state index contributed by atoms with van der Waals surface area (Å²) in [6, 6.07) is 9.61. The van der Waals surface area contributed by atoms with Crippen molar-refractivity contribution in [2.45, 2.75) is 6.54 Å². The van der Waals surface area contributed by atoms with E-state index in [1.54, 1.807) is 23.9 Å². The first-order valence-corrected chi connectivity index (χ1v) is 10.0. The zero-order valence-corrected chi connectivity index (χ0v) is 18.8. The quantitative estimate of drug-likeness (QED) is 0.311. The third-order valence-electron chi connectivity index (χ3n) is 5.45. The largest absolute Gasteiger partial charge is 0.332 e. The van der Waals surface area contributed by atoms with Crippen LogP contribution in [-0.2, 0) is 25.4 Å². The van der Waals surface area contributed by atoms with Crippen LogP contribution in [0.15, 0.2) is 50.0 Å². The number of halogens is 1. The minimum absolute atomic E-state index is 0.0382. The fourth-order valence-corrected chi connectivity index (χ4v) is 4.35. The zero-order chi connectivity index (χ0) is 22.6. The molecule has 1 aliphatic rings. The second-order valence-electron chi connectivity index (χ2n) is 7.19. The molecule has 0 radical (unpaired) electrons. The molecule has 11 heteroatoms. The van der Waals surface area contributed by atoms with Gasteiger partial charge >= 0.3 is 5.69 Å². The van der Waals surface area contributed by atoms with E-state index >= 15 is 0 Å². The van der Waals surface area contributed by atoms with Crippen molar-refractivity contribution in [3.8, 4) is 6.07 Å². The molecule has 3 aromatic rings. The number of fused-ring (bicyclic) bond motifs is 2. The summed E-state index contributed by atoms with van der Waals surface area (Å²) in [4.78, 5) is 45.8. The van der Waals surface area contributed by atoms with Crippen molar-refractivity contribution in [2.75, 3.05) is 23.9 Å². The number of allylic oxidation sites excluding steroid dienone is 1. The van der Waals surface area contributed by atoms with Crippen LogP contribution >= 0.6 is 15.9 Å². The van der Waals surface area contributed by atoms with Gasteiger partial charge in [0.05, 0.1) is 17.9 Å². The molecule has 0 atom stereocenters. The molecule has 158 valence electrons. The maximum atomic E-state index is 13.2. The highest BCUT2D eigenvalue weighted by Crippen LogP contribution is 2.40. The number of nitrogens with zero attached hydrogens (tertiary/aromatic N) is 7. The van der Waals surface area contributed by atoms with E-state index in [2.05, 4.69) is 20.9 Å². The Bertz CT molecular complexity index is 1420. The molecule has 1 aliphatic heterocycles. The molecule has 31 heavy (non-hydrogen) atoms. The number of hydrogen-bond acceptors (Lipinski definition) is 7. The average Bonchev–Trinajstić information content (AvgIpc) is 3.21. The van der Waals surface area contributed by atoms with E-state index < -0.39 is 17.0 Å². The van der Waals surface area contributed by atoms with Gasteiger partial charge in [-0.1, -0.05) is 12.1 Å². The van der Waals surface area contributed by atoms with Crippen molar-refractivity contribution < 1.29 is 4.79 Å². The van der Waals surface area contributed by atoms with Gasteiger partial charge in [-0.05, 0) is 28.1 Å². The first-order chi connectivity index (χ1) is 14.7. The second-order valence-corrected chi connectivity index (χ2v) is 7.89. The first kappa shape index (κ1) is 20.6.